The van der Waals surface area contributed by atoms with Crippen molar-refractivity contribution in [3.05, 3.63) is 54.1 Å². The van der Waals surface area contributed by atoms with Crippen molar-refractivity contribution in [1.29, 1.82) is 0 Å². The van der Waals surface area contributed by atoms with E-state index in [1.807, 2.05) is 19.1 Å². The Morgan fingerprint density at radius 3 is 1.83 bits per heavy atom. The van der Waals surface area contributed by atoms with E-state index < -0.39 is 5.60 Å². The third-order valence-electron chi connectivity index (χ3n) is 5.32. The fourth-order valence-electron chi connectivity index (χ4n) is 4.28. The molecule has 0 heterocycles. The van der Waals surface area contributed by atoms with Crippen molar-refractivity contribution in [3.63, 3.8) is 0 Å². The molecule has 1 aliphatic rings. The molecule has 0 unspecified atom stereocenters. The summed E-state index contributed by atoms with van der Waals surface area (Å²) < 4.78 is 6.03. The normalized spacial score (nSPS) is 17.2. The van der Waals surface area contributed by atoms with Crippen LogP contribution < -0.4 is 4.74 Å². The molecule has 24 heavy (non-hydrogen) atoms. The van der Waals surface area contributed by atoms with Crippen molar-refractivity contribution in [2.24, 2.45) is 0 Å². The van der Waals surface area contributed by atoms with Crippen LogP contribution in [0.4, 0.5) is 0 Å². The largest absolute Gasteiger partial charge is 0.493 e. The SMILES string of the molecule is CCOc1c2ccccc2c(C2(O)CCCCC2)c2ccccc12. The number of hydrogen-bond acceptors (Lipinski definition) is 2. The van der Waals surface area contributed by atoms with Gasteiger partial charge in [0, 0.05) is 10.8 Å². The second-order valence-electron chi connectivity index (χ2n) is 6.82. The molecule has 0 aliphatic heterocycles. The van der Waals surface area contributed by atoms with E-state index in [0.717, 1.165) is 58.5 Å². The van der Waals surface area contributed by atoms with Crippen molar-refractivity contribution in [2.75, 3.05) is 6.61 Å². The summed E-state index contributed by atoms with van der Waals surface area (Å²) in [6, 6.07) is 16.7. The molecule has 0 spiro atoms. The number of rotatable bonds is 3. The summed E-state index contributed by atoms with van der Waals surface area (Å²) in [7, 11) is 0. The maximum atomic E-state index is 11.5. The third kappa shape index (κ3) is 2.37. The molecule has 1 saturated carbocycles. The number of fused-ring (bicyclic) bond motifs is 2. The fourth-order valence-corrected chi connectivity index (χ4v) is 4.28. The Balaban J connectivity index is 2.13. The van der Waals surface area contributed by atoms with Crippen LogP contribution in [0.3, 0.4) is 0 Å². The Morgan fingerprint density at radius 2 is 1.33 bits per heavy atom. The number of aliphatic hydroxyl groups is 1. The van der Waals surface area contributed by atoms with Crippen LogP contribution >= 0.6 is 0 Å². The highest BCUT2D eigenvalue weighted by Gasteiger charge is 2.35. The van der Waals surface area contributed by atoms with Gasteiger partial charge in [0.1, 0.15) is 5.75 Å². The summed E-state index contributed by atoms with van der Waals surface area (Å²) >= 11 is 0. The standard InChI is InChI=1S/C22H24O2/c1-2-24-21-18-12-6-4-10-16(18)20(17-11-5-7-13-19(17)21)22(23)14-8-3-9-15-22/h4-7,10-13,23H,2-3,8-9,14-15H2,1H3. The molecule has 1 N–H and O–H groups in total. The molecular weight excluding hydrogens is 296 g/mol. The highest BCUT2D eigenvalue weighted by molar-refractivity contribution is 6.09. The van der Waals surface area contributed by atoms with Crippen molar-refractivity contribution in [1.82, 2.24) is 0 Å². The predicted molar refractivity (Wildman–Crippen MR) is 99.6 cm³/mol. The lowest BCUT2D eigenvalue weighted by atomic mass is 9.76. The molecule has 1 fully saturated rings. The molecule has 0 radical (unpaired) electrons. The minimum atomic E-state index is -0.734. The van der Waals surface area contributed by atoms with E-state index >= 15 is 0 Å². The predicted octanol–water partition coefficient (Wildman–Crippen LogP) is 5.54. The van der Waals surface area contributed by atoms with Crippen LogP contribution in [-0.4, -0.2) is 11.7 Å². The fraction of sp³-hybridized carbons (Fsp3) is 0.364. The maximum Gasteiger partial charge on any atom is 0.134 e. The lowest BCUT2D eigenvalue weighted by Crippen LogP contribution is -2.29. The third-order valence-corrected chi connectivity index (χ3v) is 5.32. The van der Waals surface area contributed by atoms with Gasteiger partial charge in [0.2, 0.25) is 0 Å². The van der Waals surface area contributed by atoms with Crippen LogP contribution in [0.1, 0.15) is 44.6 Å². The molecule has 2 nitrogen and oxygen atoms in total. The Morgan fingerprint density at radius 1 is 0.833 bits per heavy atom. The van der Waals surface area contributed by atoms with Crippen LogP contribution in [0.15, 0.2) is 48.5 Å². The zero-order valence-corrected chi connectivity index (χ0v) is 14.2. The first-order valence-corrected chi connectivity index (χ1v) is 9.04. The molecule has 0 saturated heterocycles. The minimum Gasteiger partial charge on any atom is -0.493 e. The van der Waals surface area contributed by atoms with E-state index in [9.17, 15) is 5.11 Å². The van der Waals surface area contributed by atoms with Gasteiger partial charge >= 0.3 is 0 Å². The summed E-state index contributed by atoms with van der Waals surface area (Å²) in [6.45, 7) is 2.66. The average molecular weight is 320 g/mol. The van der Waals surface area contributed by atoms with E-state index in [0.29, 0.717) is 6.61 Å². The van der Waals surface area contributed by atoms with Gasteiger partial charge < -0.3 is 9.84 Å². The number of benzene rings is 3. The minimum absolute atomic E-state index is 0.637. The lowest BCUT2D eigenvalue weighted by Gasteiger charge is -2.35. The van der Waals surface area contributed by atoms with Crippen molar-refractivity contribution < 1.29 is 9.84 Å². The van der Waals surface area contributed by atoms with Gasteiger partial charge in [0.05, 0.1) is 12.2 Å². The Labute approximate surface area is 143 Å². The van der Waals surface area contributed by atoms with Crippen LogP contribution in [0.25, 0.3) is 21.5 Å². The zero-order valence-electron chi connectivity index (χ0n) is 14.2. The quantitative estimate of drug-likeness (QED) is 0.642. The Hall–Kier alpha value is -2.06. The molecule has 0 atom stereocenters. The molecule has 3 aromatic carbocycles. The Bertz CT molecular complexity index is 819. The molecule has 124 valence electrons. The molecule has 3 aromatic rings. The van der Waals surface area contributed by atoms with E-state index in [1.165, 1.54) is 6.42 Å². The lowest BCUT2D eigenvalue weighted by molar-refractivity contribution is 0.00209. The first-order chi connectivity index (χ1) is 11.7. The molecule has 2 heteroatoms. The van der Waals surface area contributed by atoms with Gasteiger partial charge in [-0.15, -0.1) is 0 Å². The second kappa shape index (κ2) is 6.10. The monoisotopic (exact) mass is 320 g/mol. The van der Waals surface area contributed by atoms with Gasteiger partial charge in [-0.3, -0.25) is 0 Å². The van der Waals surface area contributed by atoms with Crippen molar-refractivity contribution in [2.45, 2.75) is 44.6 Å². The molecular formula is C22H24O2. The average Bonchev–Trinajstić information content (AvgIpc) is 2.62. The first-order valence-electron chi connectivity index (χ1n) is 9.04. The van der Waals surface area contributed by atoms with Crippen molar-refractivity contribution in [3.8, 4) is 5.75 Å². The van der Waals surface area contributed by atoms with E-state index in [1.54, 1.807) is 0 Å². The van der Waals surface area contributed by atoms with Crippen LogP contribution in [0, 0.1) is 0 Å². The molecule has 1 aliphatic carbocycles. The van der Waals surface area contributed by atoms with Gasteiger partial charge in [-0.25, -0.2) is 0 Å². The maximum absolute atomic E-state index is 11.5. The van der Waals surface area contributed by atoms with Crippen LogP contribution in [0.5, 0.6) is 5.75 Å². The highest BCUT2D eigenvalue weighted by Crippen LogP contribution is 2.47. The zero-order chi connectivity index (χ0) is 16.6. The van der Waals surface area contributed by atoms with Gasteiger partial charge in [0.15, 0.2) is 0 Å². The van der Waals surface area contributed by atoms with Crippen LogP contribution in [0.2, 0.25) is 0 Å². The highest BCUT2D eigenvalue weighted by atomic mass is 16.5. The second-order valence-corrected chi connectivity index (χ2v) is 6.82. The summed E-state index contributed by atoms with van der Waals surface area (Å²) in [5.41, 5.74) is 0.360. The summed E-state index contributed by atoms with van der Waals surface area (Å²) in [5.74, 6) is 0.937. The Kier molecular flexibility index (Phi) is 3.93. The topological polar surface area (TPSA) is 29.5 Å². The van der Waals surface area contributed by atoms with E-state index in [4.69, 9.17) is 4.74 Å². The number of hydrogen-bond donors (Lipinski definition) is 1. The van der Waals surface area contributed by atoms with E-state index in [2.05, 4.69) is 36.4 Å². The van der Waals surface area contributed by atoms with Crippen molar-refractivity contribution >= 4 is 21.5 Å². The van der Waals surface area contributed by atoms with Gasteiger partial charge in [-0.05, 0) is 36.1 Å². The molecule has 0 amide bonds. The smallest absolute Gasteiger partial charge is 0.134 e. The summed E-state index contributed by atoms with van der Waals surface area (Å²) in [4.78, 5) is 0. The molecule has 4 rings (SSSR count). The van der Waals surface area contributed by atoms with E-state index in [-0.39, 0.29) is 0 Å². The molecule has 0 aromatic heterocycles. The summed E-state index contributed by atoms with van der Waals surface area (Å²) in [6.07, 6.45) is 5.08. The first kappa shape index (κ1) is 15.5. The summed E-state index contributed by atoms with van der Waals surface area (Å²) in [5, 5.41) is 16.0. The number of ether oxygens (including phenoxy) is 1. The van der Waals surface area contributed by atoms with Crippen LogP contribution in [-0.2, 0) is 5.60 Å². The van der Waals surface area contributed by atoms with Gasteiger partial charge in [-0.1, -0.05) is 67.8 Å². The van der Waals surface area contributed by atoms with Gasteiger partial charge in [-0.2, -0.15) is 0 Å². The van der Waals surface area contributed by atoms with Gasteiger partial charge in [0.25, 0.3) is 0 Å². The molecule has 0 bridgehead atoms.